The van der Waals surface area contributed by atoms with Gasteiger partial charge in [-0.2, -0.15) is 0 Å². The molecule has 2 aromatic carbocycles. The summed E-state index contributed by atoms with van der Waals surface area (Å²) in [5.41, 5.74) is 8.70. The van der Waals surface area contributed by atoms with Crippen molar-refractivity contribution in [3.8, 4) is 11.1 Å². The van der Waals surface area contributed by atoms with E-state index in [2.05, 4.69) is 10.3 Å². The van der Waals surface area contributed by atoms with Crippen LogP contribution in [0.25, 0.3) is 11.1 Å². The molecule has 0 saturated heterocycles. The van der Waals surface area contributed by atoms with Crippen LogP contribution in [-0.2, 0) is 11.2 Å². The molecule has 1 atom stereocenters. The molecule has 4 nitrogen and oxygen atoms in total. The van der Waals surface area contributed by atoms with Crippen LogP contribution in [0.2, 0.25) is 0 Å². The molecule has 0 bridgehead atoms. The van der Waals surface area contributed by atoms with Crippen LogP contribution in [0, 0.1) is 5.82 Å². The van der Waals surface area contributed by atoms with E-state index in [1.54, 1.807) is 24.5 Å². The molecule has 1 unspecified atom stereocenters. The summed E-state index contributed by atoms with van der Waals surface area (Å²) >= 11 is 0. The third-order valence-electron chi connectivity index (χ3n) is 3.87. The maximum Gasteiger partial charge on any atom is 0.241 e. The van der Waals surface area contributed by atoms with Gasteiger partial charge in [0.05, 0.1) is 11.7 Å². The summed E-state index contributed by atoms with van der Waals surface area (Å²) < 4.78 is 14.1. The molecular formula is C20H18FN3O. The molecule has 0 fully saturated rings. The van der Waals surface area contributed by atoms with Gasteiger partial charge in [-0.3, -0.25) is 9.78 Å². The van der Waals surface area contributed by atoms with Crippen molar-refractivity contribution >= 4 is 11.6 Å². The lowest BCUT2D eigenvalue weighted by Gasteiger charge is -2.14. The van der Waals surface area contributed by atoms with Crippen molar-refractivity contribution in [2.75, 3.05) is 5.32 Å². The lowest BCUT2D eigenvalue weighted by atomic mass is 10.0. The van der Waals surface area contributed by atoms with Crippen molar-refractivity contribution in [1.82, 2.24) is 4.98 Å². The van der Waals surface area contributed by atoms with E-state index in [-0.39, 0.29) is 5.69 Å². The second kappa shape index (κ2) is 7.68. The number of pyridine rings is 1. The van der Waals surface area contributed by atoms with Crippen LogP contribution in [0.3, 0.4) is 0 Å². The monoisotopic (exact) mass is 335 g/mol. The van der Waals surface area contributed by atoms with E-state index in [9.17, 15) is 9.18 Å². The Hall–Kier alpha value is -3.05. The quantitative estimate of drug-likeness (QED) is 0.751. The molecule has 0 radical (unpaired) electrons. The van der Waals surface area contributed by atoms with Crippen LogP contribution in [-0.4, -0.2) is 16.9 Å². The van der Waals surface area contributed by atoms with Gasteiger partial charge in [0.25, 0.3) is 0 Å². The fourth-order valence-corrected chi connectivity index (χ4v) is 2.53. The first-order chi connectivity index (χ1) is 12.1. The molecule has 0 saturated carbocycles. The van der Waals surface area contributed by atoms with Crippen molar-refractivity contribution in [3.63, 3.8) is 0 Å². The van der Waals surface area contributed by atoms with Crippen LogP contribution in [0.1, 0.15) is 5.56 Å². The number of nitrogens with one attached hydrogen (secondary N) is 1. The summed E-state index contributed by atoms with van der Waals surface area (Å²) in [6.07, 6.45) is 3.71. The first-order valence-electron chi connectivity index (χ1n) is 7.94. The summed E-state index contributed by atoms with van der Waals surface area (Å²) in [6, 6.07) is 16.9. The number of nitrogens with zero attached hydrogens (tertiary/aromatic N) is 1. The minimum atomic E-state index is -0.758. The Morgan fingerprint density at radius 3 is 2.48 bits per heavy atom. The Kier molecular flexibility index (Phi) is 5.16. The average molecular weight is 335 g/mol. The fraction of sp³-hybridized carbons (Fsp3) is 0.100. The van der Waals surface area contributed by atoms with Gasteiger partial charge in [0.15, 0.2) is 0 Å². The first-order valence-corrected chi connectivity index (χ1v) is 7.94. The minimum absolute atomic E-state index is 0.114. The predicted molar refractivity (Wildman–Crippen MR) is 96.4 cm³/mol. The molecule has 0 aliphatic carbocycles. The van der Waals surface area contributed by atoms with Gasteiger partial charge in [0.1, 0.15) is 5.82 Å². The van der Waals surface area contributed by atoms with Crippen LogP contribution in [0.5, 0.6) is 0 Å². The minimum Gasteiger partial charge on any atom is -0.322 e. The zero-order chi connectivity index (χ0) is 17.6. The molecule has 3 aromatic rings. The van der Waals surface area contributed by atoms with Crippen LogP contribution >= 0.6 is 0 Å². The standard InChI is InChI=1S/C20H18FN3O/c21-17-7-6-16(15-8-10-23-11-9-15)13-19(17)24-20(25)18(22)12-14-4-2-1-3-5-14/h1-11,13,18H,12,22H2,(H,24,25). The molecule has 1 aromatic heterocycles. The van der Waals surface area contributed by atoms with E-state index in [4.69, 9.17) is 5.73 Å². The molecule has 3 N–H and O–H groups in total. The number of halogens is 1. The summed E-state index contributed by atoms with van der Waals surface area (Å²) in [6.45, 7) is 0. The van der Waals surface area contributed by atoms with Crippen molar-refractivity contribution < 1.29 is 9.18 Å². The number of rotatable bonds is 5. The van der Waals surface area contributed by atoms with E-state index >= 15 is 0 Å². The molecule has 0 aliphatic rings. The lowest BCUT2D eigenvalue weighted by Crippen LogP contribution is -2.37. The average Bonchev–Trinajstić information content (AvgIpc) is 2.65. The highest BCUT2D eigenvalue weighted by Crippen LogP contribution is 2.24. The van der Waals surface area contributed by atoms with Crippen LogP contribution < -0.4 is 11.1 Å². The van der Waals surface area contributed by atoms with Gasteiger partial charge < -0.3 is 11.1 Å². The predicted octanol–water partition coefficient (Wildman–Crippen LogP) is 3.40. The fourth-order valence-electron chi connectivity index (χ4n) is 2.53. The maximum absolute atomic E-state index is 14.1. The molecule has 3 rings (SSSR count). The molecular weight excluding hydrogens is 317 g/mol. The third kappa shape index (κ3) is 4.28. The van der Waals surface area contributed by atoms with Crippen molar-refractivity contribution in [2.24, 2.45) is 5.73 Å². The molecule has 0 aliphatic heterocycles. The van der Waals surface area contributed by atoms with Crippen LogP contribution in [0.4, 0.5) is 10.1 Å². The SMILES string of the molecule is NC(Cc1ccccc1)C(=O)Nc1cc(-c2ccncc2)ccc1F. The van der Waals surface area contributed by atoms with E-state index in [1.165, 1.54) is 6.07 Å². The number of hydrogen-bond acceptors (Lipinski definition) is 3. The molecule has 25 heavy (non-hydrogen) atoms. The normalized spacial score (nSPS) is 11.8. The number of aromatic nitrogens is 1. The van der Waals surface area contributed by atoms with Crippen molar-refractivity contribution in [3.05, 3.63) is 84.4 Å². The van der Waals surface area contributed by atoms with Crippen LogP contribution in [0.15, 0.2) is 73.1 Å². The number of amides is 1. The van der Waals surface area contributed by atoms with E-state index in [1.807, 2.05) is 42.5 Å². The Labute approximate surface area is 145 Å². The van der Waals surface area contributed by atoms with Gasteiger partial charge in [-0.1, -0.05) is 36.4 Å². The molecule has 126 valence electrons. The van der Waals surface area contributed by atoms with E-state index in [0.29, 0.717) is 6.42 Å². The van der Waals surface area contributed by atoms with Gasteiger partial charge in [-0.25, -0.2) is 4.39 Å². The first kappa shape index (κ1) is 16.8. The smallest absolute Gasteiger partial charge is 0.241 e. The molecule has 1 heterocycles. The Morgan fingerprint density at radius 2 is 1.76 bits per heavy atom. The number of carbonyl (C=O) groups is 1. The second-order valence-corrected chi connectivity index (χ2v) is 5.72. The number of carbonyl (C=O) groups excluding carboxylic acids is 1. The van der Waals surface area contributed by atoms with Gasteiger partial charge in [0, 0.05) is 12.4 Å². The Balaban J connectivity index is 1.74. The zero-order valence-electron chi connectivity index (χ0n) is 13.5. The number of benzene rings is 2. The van der Waals surface area contributed by atoms with Gasteiger partial charge >= 0.3 is 0 Å². The summed E-state index contributed by atoms with van der Waals surface area (Å²) in [5, 5.41) is 2.59. The highest BCUT2D eigenvalue weighted by Gasteiger charge is 2.16. The summed E-state index contributed by atoms with van der Waals surface area (Å²) in [7, 11) is 0. The zero-order valence-corrected chi connectivity index (χ0v) is 13.5. The highest BCUT2D eigenvalue weighted by atomic mass is 19.1. The molecule has 5 heteroatoms. The highest BCUT2D eigenvalue weighted by molar-refractivity contribution is 5.95. The Bertz CT molecular complexity index is 853. The third-order valence-corrected chi connectivity index (χ3v) is 3.87. The summed E-state index contributed by atoms with van der Waals surface area (Å²) in [5.74, 6) is -0.923. The van der Waals surface area contributed by atoms with E-state index in [0.717, 1.165) is 16.7 Å². The van der Waals surface area contributed by atoms with Crippen molar-refractivity contribution in [2.45, 2.75) is 12.5 Å². The lowest BCUT2D eigenvalue weighted by molar-refractivity contribution is -0.117. The number of hydrogen-bond donors (Lipinski definition) is 2. The molecule has 0 spiro atoms. The second-order valence-electron chi connectivity index (χ2n) is 5.72. The molecule has 1 amide bonds. The van der Waals surface area contributed by atoms with Gasteiger partial charge in [0.2, 0.25) is 5.91 Å². The number of anilines is 1. The largest absolute Gasteiger partial charge is 0.322 e. The topological polar surface area (TPSA) is 68.0 Å². The summed E-state index contributed by atoms with van der Waals surface area (Å²) in [4.78, 5) is 16.3. The Morgan fingerprint density at radius 1 is 1.04 bits per heavy atom. The van der Waals surface area contributed by atoms with Gasteiger partial charge in [-0.15, -0.1) is 0 Å². The maximum atomic E-state index is 14.1. The van der Waals surface area contributed by atoms with E-state index < -0.39 is 17.8 Å². The van der Waals surface area contributed by atoms with Crippen molar-refractivity contribution in [1.29, 1.82) is 0 Å². The number of nitrogens with two attached hydrogens (primary N) is 1. The van der Waals surface area contributed by atoms with Gasteiger partial charge in [-0.05, 0) is 47.4 Å².